The number of aliphatic imine (C=N–C) groups is 1. The van der Waals surface area contributed by atoms with Gasteiger partial charge in [-0.1, -0.05) is 0 Å². The Labute approximate surface area is 93.6 Å². The Morgan fingerprint density at radius 1 is 1.56 bits per heavy atom. The van der Waals surface area contributed by atoms with Gasteiger partial charge >= 0.3 is 93.0 Å². The Balaban J connectivity index is 2.08. The van der Waals surface area contributed by atoms with E-state index in [-0.39, 0.29) is 6.17 Å². The zero-order valence-corrected chi connectivity index (χ0v) is 8.59. The van der Waals surface area contributed by atoms with Crippen molar-refractivity contribution >= 4 is 30.6 Å². The van der Waals surface area contributed by atoms with Gasteiger partial charge in [0.15, 0.2) is 0 Å². The van der Waals surface area contributed by atoms with Gasteiger partial charge in [0, 0.05) is 0 Å². The van der Waals surface area contributed by atoms with E-state index < -0.39 is 0 Å². The summed E-state index contributed by atoms with van der Waals surface area (Å²) in [4.78, 5) is 8.40. The van der Waals surface area contributed by atoms with Crippen LogP contribution in [0.15, 0.2) is 41.4 Å². The first-order valence-electron chi connectivity index (χ1n) is 5.00. The zero-order valence-electron chi connectivity index (χ0n) is 8.59. The van der Waals surface area contributed by atoms with Crippen LogP contribution in [0.2, 0.25) is 0 Å². The second-order valence-corrected chi connectivity index (χ2v) is 3.56. The van der Waals surface area contributed by atoms with E-state index >= 15 is 0 Å². The molecule has 0 aliphatic carbocycles. The van der Waals surface area contributed by atoms with E-state index in [1.54, 1.807) is 13.2 Å². The van der Waals surface area contributed by atoms with Crippen molar-refractivity contribution in [3.8, 4) is 0 Å². The predicted molar refractivity (Wildman–Crippen MR) is 66.0 cm³/mol. The van der Waals surface area contributed by atoms with Gasteiger partial charge in [0.2, 0.25) is 0 Å². The number of allylic oxidation sites excluding steroid dienone is 2. The fourth-order valence-electron chi connectivity index (χ4n) is 1.80. The van der Waals surface area contributed by atoms with Gasteiger partial charge in [-0.2, -0.15) is 0 Å². The van der Waals surface area contributed by atoms with Crippen molar-refractivity contribution in [2.45, 2.75) is 6.17 Å². The summed E-state index contributed by atoms with van der Waals surface area (Å²) in [6, 6.07) is 0. The second kappa shape index (κ2) is 3.47. The molecule has 0 saturated heterocycles. The Kier molecular flexibility index (Phi) is 1.98. The van der Waals surface area contributed by atoms with Gasteiger partial charge in [-0.3, -0.25) is 0 Å². The predicted octanol–water partition coefficient (Wildman–Crippen LogP) is -0.462. The Morgan fingerprint density at radius 2 is 2.50 bits per heavy atom. The number of hydrogen-bond donors (Lipinski definition) is 1. The molecular weight excluding hydrogens is 199 g/mol. The first kappa shape index (κ1) is 9.13. The summed E-state index contributed by atoms with van der Waals surface area (Å²) in [5.74, 6) is 2.87. The molecule has 1 N–H and O–H groups in total. The number of nitrogens with zero attached hydrogens (tertiary/aromatic N) is 3. The van der Waals surface area contributed by atoms with Crippen molar-refractivity contribution in [3.63, 3.8) is 0 Å². The van der Waals surface area contributed by atoms with Crippen LogP contribution in [0.1, 0.15) is 0 Å². The summed E-state index contributed by atoms with van der Waals surface area (Å²) in [6.07, 6.45) is 9.49. The minimum atomic E-state index is -0.00502. The van der Waals surface area contributed by atoms with E-state index in [4.69, 9.17) is 0 Å². The first-order chi connectivity index (χ1) is 7.88. The molecule has 0 radical (unpaired) electrons. The maximum absolute atomic E-state index is 4.22. The van der Waals surface area contributed by atoms with Crippen molar-refractivity contribution in [3.05, 3.63) is 36.4 Å². The molecule has 1 aromatic rings. The average molecular weight is 208 g/mol. The molecule has 1 unspecified atom stereocenters. The van der Waals surface area contributed by atoms with Crippen LogP contribution in [0.25, 0.3) is 5.70 Å². The van der Waals surface area contributed by atoms with E-state index in [1.807, 2.05) is 29.1 Å². The van der Waals surface area contributed by atoms with Crippen molar-refractivity contribution in [1.82, 2.24) is 14.9 Å². The van der Waals surface area contributed by atoms with Gasteiger partial charge in [0.25, 0.3) is 0 Å². The van der Waals surface area contributed by atoms with E-state index in [0.29, 0.717) is 0 Å². The third kappa shape index (κ3) is 1.30. The van der Waals surface area contributed by atoms with Gasteiger partial charge in [-0.05, 0) is 0 Å². The van der Waals surface area contributed by atoms with Gasteiger partial charge < -0.3 is 0 Å². The number of fused-ring (bicyclic) bond motifs is 1. The normalized spacial score (nSPS) is 20.9. The summed E-state index contributed by atoms with van der Waals surface area (Å²) in [5.41, 5.74) is 3.04. The van der Waals surface area contributed by atoms with Crippen LogP contribution >= 0.6 is 0 Å². The molecule has 0 saturated carbocycles. The molecule has 1 atom stereocenters. The monoisotopic (exact) mass is 208 g/mol. The molecule has 5 heteroatoms. The molecule has 76 valence electrons. The number of imidazole rings is 1. The first-order valence-corrected chi connectivity index (χ1v) is 5.00. The molecule has 0 bridgehead atoms. The number of dihydropyridines is 1. The Bertz CT molecular complexity index is 573. The molecule has 3 heterocycles. The topological polar surface area (TPSA) is 42.2 Å². The molecule has 0 fully saturated rings. The average Bonchev–Trinajstić information content (AvgIpc) is 2.97. The summed E-state index contributed by atoms with van der Waals surface area (Å²) in [6.45, 7) is 5.42. The van der Waals surface area contributed by atoms with Crippen LogP contribution in [0.5, 0.6) is 0 Å². The van der Waals surface area contributed by atoms with Crippen LogP contribution in [0.3, 0.4) is 0 Å². The van der Waals surface area contributed by atoms with Crippen molar-refractivity contribution in [2.75, 3.05) is 0 Å². The van der Waals surface area contributed by atoms with Crippen molar-refractivity contribution < 1.29 is 0 Å². The number of aromatic nitrogens is 2. The number of rotatable bonds is 2. The van der Waals surface area contributed by atoms with Gasteiger partial charge in [0.05, 0.1) is 0 Å². The third-order valence-electron chi connectivity index (χ3n) is 2.60. The number of hydrogen-bond acceptors (Lipinski definition) is 3. The van der Waals surface area contributed by atoms with Gasteiger partial charge in [0.1, 0.15) is 0 Å². The fraction of sp³-hybridized carbons (Fsp3) is 0.0909. The third-order valence-corrected chi connectivity index (χ3v) is 2.60. The molecular formula is C11H9BN4. The molecule has 2 aliphatic rings. The van der Waals surface area contributed by atoms with E-state index in [2.05, 4.69) is 27.6 Å². The molecule has 2 aliphatic heterocycles. The molecule has 0 spiro atoms. The molecule has 4 nitrogen and oxygen atoms in total. The van der Waals surface area contributed by atoms with Crippen molar-refractivity contribution in [1.29, 1.82) is 0 Å². The van der Waals surface area contributed by atoms with E-state index in [1.165, 1.54) is 0 Å². The summed E-state index contributed by atoms with van der Waals surface area (Å²) in [5, 5.41) is 3.15. The standard InChI is InChI=1S/C11H9BN4/c1-12-10-6-16(7-15-10)9-3-5-14-11-8(9)2-4-13-11/h2-3,5-7,11,14H,1H2. The maximum atomic E-state index is 4.22. The molecule has 0 amide bonds. The molecule has 1 aromatic heterocycles. The van der Waals surface area contributed by atoms with Crippen molar-refractivity contribution in [2.24, 2.45) is 4.99 Å². The SMILES string of the molecule is C=Bc1cn(C2=C3C=C=NC3NC=C2)cn1. The van der Waals surface area contributed by atoms with Crippen LogP contribution < -0.4 is 10.9 Å². The van der Waals surface area contributed by atoms with Gasteiger partial charge in [-0.15, -0.1) is 0 Å². The zero-order chi connectivity index (χ0) is 11.0. The Morgan fingerprint density at radius 3 is 3.31 bits per heavy atom. The summed E-state index contributed by atoms with van der Waals surface area (Å²) < 4.78 is 1.97. The summed E-state index contributed by atoms with van der Waals surface area (Å²) >= 11 is 0. The van der Waals surface area contributed by atoms with E-state index in [0.717, 1.165) is 16.9 Å². The van der Waals surface area contributed by atoms with Crippen LogP contribution in [0, 0.1) is 0 Å². The quantitative estimate of drug-likeness (QED) is 0.668. The van der Waals surface area contributed by atoms with Crippen LogP contribution in [-0.2, 0) is 0 Å². The fourth-order valence-corrected chi connectivity index (χ4v) is 1.80. The second-order valence-electron chi connectivity index (χ2n) is 3.56. The Hall–Kier alpha value is -2.13. The number of nitrogens with one attached hydrogen (secondary N) is 1. The minimum absolute atomic E-state index is 0.00502. The van der Waals surface area contributed by atoms with Crippen LogP contribution in [0.4, 0.5) is 0 Å². The summed E-state index contributed by atoms with van der Waals surface area (Å²) in [7, 11) is 0. The molecule has 3 rings (SSSR count). The van der Waals surface area contributed by atoms with E-state index in [9.17, 15) is 0 Å². The molecule has 16 heavy (non-hydrogen) atoms. The van der Waals surface area contributed by atoms with Gasteiger partial charge in [-0.25, -0.2) is 0 Å². The van der Waals surface area contributed by atoms with Crippen LogP contribution in [-0.4, -0.2) is 35.0 Å². The molecule has 0 aromatic carbocycles.